The van der Waals surface area contributed by atoms with Crippen molar-refractivity contribution in [3.63, 3.8) is 0 Å². The molecule has 3 atom stereocenters. The topological polar surface area (TPSA) is 26.3 Å². The second kappa shape index (κ2) is 7.65. The van der Waals surface area contributed by atoms with Crippen LogP contribution in [-0.4, -0.2) is 12.1 Å². The van der Waals surface area contributed by atoms with E-state index in [1.807, 2.05) is 6.92 Å². The van der Waals surface area contributed by atoms with Crippen LogP contribution in [0.3, 0.4) is 0 Å². The molecule has 1 aliphatic rings. The van der Waals surface area contributed by atoms with Crippen molar-refractivity contribution in [2.45, 2.75) is 58.5 Å². The molecule has 2 aromatic carbocycles. The number of rotatable bonds is 4. The van der Waals surface area contributed by atoms with Gasteiger partial charge in [-0.1, -0.05) is 75.7 Å². The molecule has 0 N–H and O–H groups in total. The summed E-state index contributed by atoms with van der Waals surface area (Å²) in [6.45, 7) is 8.71. The van der Waals surface area contributed by atoms with Gasteiger partial charge in [0.05, 0.1) is 0 Å². The van der Waals surface area contributed by atoms with Crippen molar-refractivity contribution in [3.8, 4) is 0 Å². The molecule has 1 fully saturated rings. The van der Waals surface area contributed by atoms with E-state index in [-0.39, 0.29) is 17.5 Å². The number of hydrogen-bond donors (Lipinski definition) is 0. The van der Waals surface area contributed by atoms with E-state index in [9.17, 15) is 4.79 Å². The van der Waals surface area contributed by atoms with E-state index in [0.717, 1.165) is 12.8 Å². The van der Waals surface area contributed by atoms with Crippen molar-refractivity contribution in [1.82, 2.24) is 0 Å². The Labute approximate surface area is 157 Å². The highest BCUT2D eigenvalue weighted by molar-refractivity contribution is 5.83. The summed E-state index contributed by atoms with van der Waals surface area (Å²) in [5.74, 6) is 0.710. The van der Waals surface area contributed by atoms with Crippen LogP contribution in [-0.2, 0) is 14.9 Å². The van der Waals surface area contributed by atoms with E-state index in [4.69, 9.17) is 4.74 Å². The molecule has 0 amide bonds. The number of carbonyl (C=O) groups excluding carboxylic acids is 1. The molecule has 3 rings (SSSR count). The number of esters is 1. The first kappa shape index (κ1) is 18.7. The minimum atomic E-state index is -0.217. The lowest BCUT2D eigenvalue weighted by Crippen LogP contribution is -2.43. The smallest absolute Gasteiger partial charge is 0.330 e. The van der Waals surface area contributed by atoms with E-state index >= 15 is 0 Å². The molecule has 0 heterocycles. The van der Waals surface area contributed by atoms with Gasteiger partial charge in [-0.05, 0) is 47.4 Å². The van der Waals surface area contributed by atoms with Gasteiger partial charge in [0.1, 0.15) is 6.10 Å². The van der Waals surface area contributed by atoms with Crippen molar-refractivity contribution in [1.29, 1.82) is 0 Å². The Kier molecular flexibility index (Phi) is 5.50. The Morgan fingerprint density at radius 3 is 2.58 bits per heavy atom. The quantitative estimate of drug-likeness (QED) is 0.496. The van der Waals surface area contributed by atoms with Gasteiger partial charge in [0.15, 0.2) is 0 Å². The predicted molar refractivity (Wildman–Crippen MR) is 108 cm³/mol. The third-order valence-electron chi connectivity index (χ3n) is 6.04. The minimum absolute atomic E-state index is 0.0241. The van der Waals surface area contributed by atoms with Crippen LogP contribution < -0.4 is 0 Å². The summed E-state index contributed by atoms with van der Waals surface area (Å²) in [7, 11) is 0. The summed E-state index contributed by atoms with van der Waals surface area (Å²) in [6, 6.07) is 15.2. The van der Waals surface area contributed by atoms with Gasteiger partial charge in [0.25, 0.3) is 0 Å². The zero-order valence-electron chi connectivity index (χ0n) is 16.4. The number of ether oxygens (including phenoxy) is 1. The molecule has 2 heteroatoms. The fraction of sp³-hybridized carbons (Fsp3) is 0.458. The molecular formula is C24H30O2. The molecule has 0 aliphatic heterocycles. The second-order valence-electron chi connectivity index (χ2n) is 8.28. The summed E-state index contributed by atoms with van der Waals surface area (Å²) < 4.78 is 5.88. The summed E-state index contributed by atoms with van der Waals surface area (Å²) >= 11 is 0. The highest BCUT2D eigenvalue weighted by atomic mass is 16.5. The first-order valence-electron chi connectivity index (χ1n) is 9.74. The molecule has 2 nitrogen and oxygen atoms in total. The van der Waals surface area contributed by atoms with Gasteiger partial charge in [0, 0.05) is 12.0 Å². The van der Waals surface area contributed by atoms with Crippen LogP contribution in [0.25, 0.3) is 10.8 Å². The largest absolute Gasteiger partial charge is 0.459 e. The lowest BCUT2D eigenvalue weighted by atomic mass is 9.64. The van der Waals surface area contributed by atoms with E-state index in [0.29, 0.717) is 11.8 Å². The van der Waals surface area contributed by atoms with Crippen LogP contribution in [0, 0.1) is 11.8 Å². The maximum absolute atomic E-state index is 12.1. The first-order valence-corrected chi connectivity index (χ1v) is 9.74. The number of hydrogen-bond acceptors (Lipinski definition) is 2. The first-order chi connectivity index (χ1) is 12.4. The predicted octanol–water partition coefficient (Wildman–Crippen LogP) is 6.04. The van der Waals surface area contributed by atoms with Crippen molar-refractivity contribution < 1.29 is 9.53 Å². The van der Waals surface area contributed by atoms with Gasteiger partial charge in [-0.2, -0.15) is 0 Å². The standard InChI is InChI=1S/C24H30O2/c1-5-8-23(25)26-22-15-17(2)11-14-21(22)24(3,4)20-13-12-18-9-6-7-10-19(18)16-20/h5-10,12-13,16-17,21-22H,11,14-15H2,1-4H3/b8-5+/t17-,21-,22-/m1/s1. The maximum atomic E-state index is 12.1. The molecule has 1 saturated carbocycles. The lowest BCUT2D eigenvalue weighted by molar-refractivity contribution is -0.150. The van der Waals surface area contributed by atoms with E-state index in [1.54, 1.807) is 6.08 Å². The highest BCUT2D eigenvalue weighted by Crippen LogP contribution is 2.44. The monoisotopic (exact) mass is 350 g/mol. The average Bonchev–Trinajstić information content (AvgIpc) is 2.61. The van der Waals surface area contributed by atoms with Crippen molar-refractivity contribution >= 4 is 16.7 Å². The number of fused-ring (bicyclic) bond motifs is 1. The van der Waals surface area contributed by atoms with Gasteiger partial charge in [-0.15, -0.1) is 0 Å². The van der Waals surface area contributed by atoms with Crippen LogP contribution in [0.2, 0.25) is 0 Å². The Hall–Kier alpha value is -2.09. The van der Waals surface area contributed by atoms with Gasteiger partial charge in [-0.3, -0.25) is 0 Å². The number of benzene rings is 2. The van der Waals surface area contributed by atoms with Gasteiger partial charge in [0.2, 0.25) is 0 Å². The van der Waals surface area contributed by atoms with Gasteiger partial charge in [-0.25, -0.2) is 4.79 Å². The molecule has 0 bridgehead atoms. The van der Waals surface area contributed by atoms with Crippen molar-refractivity contribution in [2.24, 2.45) is 11.8 Å². The molecule has 0 spiro atoms. The van der Waals surface area contributed by atoms with Crippen molar-refractivity contribution in [2.75, 3.05) is 0 Å². The summed E-state index contributed by atoms with van der Waals surface area (Å²) in [6.07, 6.45) is 6.49. The Balaban J connectivity index is 1.91. The van der Waals surface area contributed by atoms with Crippen LogP contribution in [0.4, 0.5) is 0 Å². The van der Waals surface area contributed by atoms with E-state index < -0.39 is 0 Å². The molecule has 26 heavy (non-hydrogen) atoms. The fourth-order valence-corrected chi connectivity index (χ4v) is 4.41. The van der Waals surface area contributed by atoms with Gasteiger partial charge >= 0.3 is 5.97 Å². The normalized spacial score (nSPS) is 24.1. The summed E-state index contributed by atoms with van der Waals surface area (Å²) in [5.41, 5.74) is 1.27. The lowest BCUT2D eigenvalue weighted by Gasteiger charge is -2.44. The molecule has 0 aromatic heterocycles. The van der Waals surface area contributed by atoms with E-state index in [2.05, 4.69) is 63.2 Å². The molecule has 0 radical (unpaired) electrons. The van der Waals surface area contributed by atoms with Crippen LogP contribution in [0.5, 0.6) is 0 Å². The van der Waals surface area contributed by atoms with Gasteiger partial charge < -0.3 is 4.74 Å². The SMILES string of the molecule is C/C=C/C(=O)O[C@@H]1C[C@H](C)CC[C@H]1C(C)(C)c1ccc2ccccc2c1. The third-order valence-corrected chi connectivity index (χ3v) is 6.04. The Bertz CT molecular complexity index is 803. The second-order valence-corrected chi connectivity index (χ2v) is 8.28. The Morgan fingerprint density at radius 2 is 1.85 bits per heavy atom. The summed E-state index contributed by atoms with van der Waals surface area (Å²) in [4.78, 5) is 12.1. The van der Waals surface area contributed by atoms with Crippen LogP contribution >= 0.6 is 0 Å². The van der Waals surface area contributed by atoms with Crippen molar-refractivity contribution in [3.05, 3.63) is 60.2 Å². The molecule has 0 saturated heterocycles. The number of allylic oxidation sites excluding steroid dienone is 1. The maximum Gasteiger partial charge on any atom is 0.330 e. The molecule has 2 aromatic rings. The third kappa shape index (κ3) is 3.85. The zero-order valence-corrected chi connectivity index (χ0v) is 16.4. The molecule has 0 unspecified atom stereocenters. The minimum Gasteiger partial charge on any atom is -0.459 e. The fourth-order valence-electron chi connectivity index (χ4n) is 4.41. The highest BCUT2D eigenvalue weighted by Gasteiger charge is 2.41. The summed E-state index contributed by atoms with van der Waals surface area (Å²) in [5, 5.41) is 2.53. The molecule has 138 valence electrons. The zero-order chi connectivity index (χ0) is 18.7. The van der Waals surface area contributed by atoms with Crippen LogP contribution in [0.1, 0.15) is 52.5 Å². The number of carbonyl (C=O) groups is 1. The average molecular weight is 351 g/mol. The van der Waals surface area contributed by atoms with E-state index in [1.165, 1.54) is 28.8 Å². The van der Waals surface area contributed by atoms with Crippen LogP contribution in [0.15, 0.2) is 54.6 Å². The Morgan fingerprint density at radius 1 is 1.12 bits per heavy atom. The molecular weight excluding hydrogens is 320 g/mol. The molecule has 1 aliphatic carbocycles.